The van der Waals surface area contributed by atoms with E-state index in [0.717, 1.165) is 11.3 Å². The number of hydrogen-bond acceptors (Lipinski definition) is 3. The summed E-state index contributed by atoms with van der Waals surface area (Å²) in [6, 6.07) is 7.49. The number of carbonyl (C=O) groups is 1. The average Bonchev–Trinajstić information content (AvgIpc) is 2.36. The van der Waals surface area contributed by atoms with Gasteiger partial charge in [-0.2, -0.15) is 0 Å². The first-order chi connectivity index (χ1) is 9.11. The molecule has 1 amide bonds. The molecular weight excluding hydrogens is 244 g/mol. The van der Waals surface area contributed by atoms with E-state index >= 15 is 0 Å². The topological polar surface area (TPSA) is 88.7 Å². The van der Waals surface area contributed by atoms with Crippen LogP contribution in [0.4, 0.5) is 5.69 Å². The highest BCUT2D eigenvalue weighted by Crippen LogP contribution is 2.11. The van der Waals surface area contributed by atoms with Gasteiger partial charge >= 0.3 is 0 Å². The molecule has 1 aromatic rings. The van der Waals surface area contributed by atoms with Crippen molar-refractivity contribution in [2.24, 2.45) is 10.7 Å². The zero-order valence-corrected chi connectivity index (χ0v) is 11.3. The van der Waals surface area contributed by atoms with Crippen molar-refractivity contribution in [3.8, 4) is 0 Å². The van der Waals surface area contributed by atoms with Gasteiger partial charge in [-0.15, -0.1) is 0 Å². The molecule has 0 aliphatic rings. The number of rotatable bonds is 6. The van der Waals surface area contributed by atoms with Gasteiger partial charge in [0.15, 0.2) is 5.96 Å². The lowest BCUT2D eigenvalue weighted by atomic mass is 10.2. The maximum absolute atomic E-state index is 11.0. The summed E-state index contributed by atoms with van der Waals surface area (Å²) in [5.41, 5.74) is 7.43. The Kier molecular flexibility index (Phi) is 6.38. The van der Waals surface area contributed by atoms with E-state index in [1.165, 1.54) is 6.92 Å². The molecule has 0 aromatic heterocycles. The number of anilines is 1. The summed E-state index contributed by atoms with van der Waals surface area (Å²) < 4.78 is 4.89. The summed E-state index contributed by atoms with van der Waals surface area (Å²) in [6.45, 7) is 3.13. The van der Waals surface area contributed by atoms with Crippen LogP contribution in [0.2, 0.25) is 0 Å². The lowest BCUT2D eigenvalue weighted by molar-refractivity contribution is -0.114. The Morgan fingerprint density at radius 2 is 2.26 bits per heavy atom. The number of nitrogens with one attached hydrogen (secondary N) is 2. The van der Waals surface area contributed by atoms with E-state index in [4.69, 9.17) is 10.5 Å². The maximum Gasteiger partial charge on any atom is 0.221 e. The summed E-state index contributed by atoms with van der Waals surface area (Å²) >= 11 is 0. The van der Waals surface area contributed by atoms with Crippen molar-refractivity contribution < 1.29 is 9.53 Å². The SMILES string of the molecule is COCCNC(N)=NCc1cccc(NC(C)=O)c1. The van der Waals surface area contributed by atoms with E-state index in [9.17, 15) is 4.79 Å². The molecule has 1 aromatic carbocycles. The van der Waals surface area contributed by atoms with Gasteiger partial charge in [0.1, 0.15) is 0 Å². The van der Waals surface area contributed by atoms with Crippen LogP contribution in [0.15, 0.2) is 29.3 Å². The minimum absolute atomic E-state index is 0.0959. The largest absolute Gasteiger partial charge is 0.383 e. The van der Waals surface area contributed by atoms with Crippen molar-refractivity contribution in [2.75, 3.05) is 25.6 Å². The van der Waals surface area contributed by atoms with Gasteiger partial charge in [0.05, 0.1) is 13.2 Å². The predicted octanol–water partition coefficient (Wildman–Crippen LogP) is 0.696. The minimum Gasteiger partial charge on any atom is -0.383 e. The Balaban J connectivity index is 2.52. The fourth-order valence-electron chi connectivity index (χ4n) is 1.46. The Morgan fingerprint density at radius 1 is 1.47 bits per heavy atom. The number of aliphatic imine (C=N–C) groups is 1. The second-order valence-electron chi connectivity index (χ2n) is 4.00. The average molecular weight is 264 g/mol. The summed E-state index contributed by atoms with van der Waals surface area (Å²) in [7, 11) is 1.63. The summed E-state index contributed by atoms with van der Waals surface area (Å²) in [5.74, 6) is 0.281. The second kappa shape index (κ2) is 8.10. The zero-order valence-electron chi connectivity index (χ0n) is 11.3. The molecule has 1 rings (SSSR count). The first-order valence-electron chi connectivity index (χ1n) is 6.01. The fraction of sp³-hybridized carbons (Fsp3) is 0.385. The molecule has 6 heteroatoms. The monoisotopic (exact) mass is 264 g/mol. The van der Waals surface area contributed by atoms with E-state index in [-0.39, 0.29) is 5.91 Å². The normalized spacial score (nSPS) is 11.2. The van der Waals surface area contributed by atoms with Crippen LogP contribution in [0, 0.1) is 0 Å². The highest BCUT2D eigenvalue weighted by Gasteiger charge is 1.98. The number of benzene rings is 1. The Bertz CT molecular complexity index is 446. The quantitative estimate of drug-likeness (QED) is 0.401. The molecule has 0 saturated heterocycles. The van der Waals surface area contributed by atoms with E-state index in [1.54, 1.807) is 7.11 Å². The molecule has 0 unspecified atom stereocenters. The molecule has 0 spiro atoms. The summed E-state index contributed by atoms with van der Waals surface area (Å²) in [6.07, 6.45) is 0. The van der Waals surface area contributed by atoms with E-state index in [0.29, 0.717) is 25.7 Å². The van der Waals surface area contributed by atoms with Gasteiger partial charge in [0, 0.05) is 26.3 Å². The highest BCUT2D eigenvalue weighted by molar-refractivity contribution is 5.88. The molecule has 0 saturated carbocycles. The van der Waals surface area contributed by atoms with Gasteiger partial charge in [0.25, 0.3) is 0 Å². The molecule has 4 N–H and O–H groups in total. The lowest BCUT2D eigenvalue weighted by Gasteiger charge is -2.06. The van der Waals surface area contributed by atoms with Crippen LogP contribution in [-0.4, -0.2) is 32.1 Å². The van der Waals surface area contributed by atoms with Gasteiger partial charge < -0.3 is 21.1 Å². The maximum atomic E-state index is 11.0. The van der Waals surface area contributed by atoms with Crippen molar-refractivity contribution in [3.05, 3.63) is 29.8 Å². The Hall–Kier alpha value is -2.08. The molecule has 0 aliphatic heterocycles. The first-order valence-corrected chi connectivity index (χ1v) is 6.01. The van der Waals surface area contributed by atoms with Gasteiger partial charge in [-0.1, -0.05) is 12.1 Å². The van der Waals surface area contributed by atoms with E-state index in [1.807, 2.05) is 24.3 Å². The number of hydrogen-bond donors (Lipinski definition) is 3. The van der Waals surface area contributed by atoms with Crippen LogP contribution in [0.5, 0.6) is 0 Å². The van der Waals surface area contributed by atoms with E-state index in [2.05, 4.69) is 15.6 Å². The zero-order chi connectivity index (χ0) is 14.1. The highest BCUT2D eigenvalue weighted by atomic mass is 16.5. The molecule has 0 fully saturated rings. The summed E-state index contributed by atoms with van der Waals surface area (Å²) in [4.78, 5) is 15.2. The van der Waals surface area contributed by atoms with Crippen LogP contribution in [0.1, 0.15) is 12.5 Å². The Labute approximate surface area is 113 Å². The number of nitrogens with zero attached hydrogens (tertiary/aromatic N) is 1. The molecular formula is C13H20N4O2. The fourth-order valence-corrected chi connectivity index (χ4v) is 1.46. The number of nitrogens with two attached hydrogens (primary N) is 1. The summed E-state index contributed by atoms with van der Waals surface area (Å²) in [5, 5.41) is 5.66. The van der Waals surface area contributed by atoms with Gasteiger partial charge in [-0.3, -0.25) is 4.79 Å². The van der Waals surface area contributed by atoms with E-state index < -0.39 is 0 Å². The second-order valence-corrected chi connectivity index (χ2v) is 4.00. The number of methoxy groups -OCH3 is 1. The molecule has 0 bridgehead atoms. The van der Waals surface area contributed by atoms with Crippen LogP contribution in [0.25, 0.3) is 0 Å². The number of carbonyl (C=O) groups excluding carboxylic acids is 1. The smallest absolute Gasteiger partial charge is 0.221 e. The molecule has 0 heterocycles. The Morgan fingerprint density at radius 3 is 2.95 bits per heavy atom. The molecule has 0 radical (unpaired) electrons. The third-order valence-corrected chi connectivity index (χ3v) is 2.29. The lowest BCUT2D eigenvalue weighted by Crippen LogP contribution is -2.34. The number of guanidine groups is 1. The molecule has 104 valence electrons. The van der Waals surface area contributed by atoms with Crippen molar-refractivity contribution in [1.29, 1.82) is 0 Å². The van der Waals surface area contributed by atoms with Gasteiger partial charge in [-0.05, 0) is 17.7 Å². The molecule has 6 nitrogen and oxygen atoms in total. The van der Waals surface area contributed by atoms with Crippen LogP contribution in [0.3, 0.4) is 0 Å². The third kappa shape index (κ3) is 6.42. The number of amides is 1. The molecule has 0 aliphatic carbocycles. The molecule has 0 atom stereocenters. The van der Waals surface area contributed by atoms with Crippen LogP contribution < -0.4 is 16.4 Å². The molecule has 19 heavy (non-hydrogen) atoms. The van der Waals surface area contributed by atoms with Crippen LogP contribution in [-0.2, 0) is 16.1 Å². The van der Waals surface area contributed by atoms with Crippen LogP contribution >= 0.6 is 0 Å². The first kappa shape index (κ1) is 15.0. The third-order valence-electron chi connectivity index (χ3n) is 2.29. The van der Waals surface area contributed by atoms with Crippen molar-refractivity contribution in [2.45, 2.75) is 13.5 Å². The minimum atomic E-state index is -0.0959. The van der Waals surface area contributed by atoms with Crippen molar-refractivity contribution in [1.82, 2.24) is 5.32 Å². The van der Waals surface area contributed by atoms with Gasteiger partial charge in [-0.25, -0.2) is 4.99 Å². The number of ether oxygens (including phenoxy) is 1. The predicted molar refractivity (Wildman–Crippen MR) is 76.0 cm³/mol. The van der Waals surface area contributed by atoms with Crippen molar-refractivity contribution >= 4 is 17.6 Å². The standard InChI is InChI=1S/C13H20N4O2/c1-10(18)17-12-5-3-4-11(8-12)9-16-13(14)15-6-7-19-2/h3-5,8H,6-7,9H2,1-2H3,(H,17,18)(H3,14,15,16). The van der Waals surface area contributed by atoms with Gasteiger partial charge in [0.2, 0.25) is 5.91 Å². The van der Waals surface area contributed by atoms with Crippen molar-refractivity contribution in [3.63, 3.8) is 0 Å².